The van der Waals surface area contributed by atoms with Crippen LogP contribution in [0.5, 0.6) is 5.75 Å². The van der Waals surface area contributed by atoms with Crippen LogP contribution in [-0.2, 0) is 10.3 Å². The second kappa shape index (κ2) is 4.84. The van der Waals surface area contributed by atoms with E-state index < -0.39 is 10.3 Å². The van der Waals surface area contributed by atoms with Crippen molar-refractivity contribution in [3.63, 3.8) is 0 Å². The van der Waals surface area contributed by atoms with Gasteiger partial charge in [0.2, 0.25) is 10.3 Å². The van der Waals surface area contributed by atoms with E-state index in [0.29, 0.717) is 0 Å². The molecule has 0 aliphatic heterocycles. The number of hydrogen-bond acceptors (Lipinski definition) is 3. The minimum atomic E-state index is -4.13. The van der Waals surface area contributed by atoms with Gasteiger partial charge < -0.3 is 9.32 Å². The van der Waals surface area contributed by atoms with Crippen LogP contribution in [0.4, 0.5) is 0 Å². The van der Waals surface area contributed by atoms with Gasteiger partial charge in [-0.05, 0) is 12.1 Å². The van der Waals surface area contributed by atoms with Gasteiger partial charge in [-0.1, -0.05) is 18.2 Å². The van der Waals surface area contributed by atoms with Crippen molar-refractivity contribution in [1.29, 1.82) is 0 Å². The summed E-state index contributed by atoms with van der Waals surface area (Å²) in [6.45, 7) is 0. The fourth-order valence-electron chi connectivity index (χ4n) is 0.603. The SMILES string of the molecule is [NH-]S(=O)(=O)Oc1ccccc1.[Na+]. The molecule has 0 spiro atoms. The van der Waals surface area contributed by atoms with Gasteiger partial charge in [0.1, 0.15) is 5.75 Å². The van der Waals surface area contributed by atoms with Crippen LogP contribution in [0.1, 0.15) is 0 Å². The molecule has 6 heteroatoms. The zero-order valence-electron chi connectivity index (χ0n) is 6.52. The molecule has 1 N–H and O–H groups in total. The van der Waals surface area contributed by atoms with Crippen LogP contribution >= 0.6 is 0 Å². The van der Waals surface area contributed by atoms with E-state index in [1.54, 1.807) is 18.2 Å². The molecule has 0 saturated carbocycles. The first-order chi connectivity index (χ1) is 5.08. The number of nitrogens with one attached hydrogen (secondary N) is 1. The zero-order valence-corrected chi connectivity index (χ0v) is 9.34. The molecule has 60 valence electrons. The van der Waals surface area contributed by atoms with Crippen LogP contribution in [0.3, 0.4) is 0 Å². The summed E-state index contributed by atoms with van der Waals surface area (Å²) in [4.78, 5) is 0. The van der Waals surface area contributed by atoms with Crippen molar-refractivity contribution in [2.75, 3.05) is 0 Å². The topological polar surface area (TPSA) is 67.2 Å². The Labute approximate surface area is 93.3 Å². The molecular formula is C6H6NNaO3S. The third kappa shape index (κ3) is 4.74. The normalized spacial score (nSPS) is 10.1. The Balaban J connectivity index is 0.00000121. The summed E-state index contributed by atoms with van der Waals surface area (Å²) >= 11 is 0. The average Bonchev–Trinajstić information content (AvgIpc) is 1.85. The predicted octanol–water partition coefficient (Wildman–Crippen LogP) is -1.63. The number of benzene rings is 1. The maximum atomic E-state index is 10.2. The van der Waals surface area contributed by atoms with E-state index in [1.165, 1.54) is 12.1 Å². The van der Waals surface area contributed by atoms with Crippen LogP contribution in [0.2, 0.25) is 0 Å². The average molecular weight is 195 g/mol. The van der Waals surface area contributed by atoms with E-state index in [9.17, 15) is 8.42 Å². The van der Waals surface area contributed by atoms with Gasteiger partial charge in [-0.25, -0.2) is 8.42 Å². The first-order valence-corrected chi connectivity index (χ1v) is 4.23. The Morgan fingerprint density at radius 1 is 1.17 bits per heavy atom. The van der Waals surface area contributed by atoms with Gasteiger partial charge >= 0.3 is 29.6 Å². The second-order valence-corrected chi connectivity index (χ2v) is 2.93. The van der Waals surface area contributed by atoms with Crippen LogP contribution < -0.4 is 33.7 Å². The van der Waals surface area contributed by atoms with Crippen molar-refractivity contribution in [3.05, 3.63) is 35.5 Å². The molecule has 0 heterocycles. The monoisotopic (exact) mass is 195 g/mol. The largest absolute Gasteiger partial charge is 1.00 e. The summed E-state index contributed by atoms with van der Waals surface area (Å²) in [5.74, 6) is 0.155. The van der Waals surface area contributed by atoms with Gasteiger partial charge in [-0.15, -0.1) is 0 Å². The van der Waals surface area contributed by atoms with Crippen molar-refractivity contribution in [2.24, 2.45) is 0 Å². The molecule has 0 radical (unpaired) electrons. The molecular weight excluding hydrogens is 189 g/mol. The van der Waals surface area contributed by atoms with Gasteiger partial charge in [-0.3, -0.25) is 0 Å². The van der Waals surface area contributed by atoms with Crippen LogP contribution in [-0.4, -0.2) is 8.42 Å². The van der Waals surface area contributed by atoms with Crippen LogP contribution in [0, 0.1) is 0 Å². The molecule has 0 atom stereocenters. The van der Waals surface area contributed by atoms with Crippen molar-refractivity contribution >= 4 is 10.3 Å². The molecule has 0 bridgehead atoms. The van der Waals surface area contributed by atoms with Crippen LogP contribution in [0.15, 0.2) is 30.3 Å². The number of hydrogen-bond donors (Lipinski definition) is 0. The van der Waals surface area contributed by atoms with Gasteiger partial charge in [0.05, 0.1) is 0 Å². The molecule has 0 aliphatic rings. The van der Waals surface area contributed by atoms with E-state index in [0.717, 1.165) is 0 Å². The molecule has 0 unspecified atom stereocenters. The Morgan fingerprint density at radius 2 is 1.67 bits per heavy atom. The standard InChI is InChI=1S/C6H6NO3S.Na/c7-11(8,9)10-6-4-2-1-3-5-6;/h1-5H,(H-,7,8,9);/q-1;+1. The Morgan fingerprint density at radius 3 is 2.08 bits per heavy atom. The minimum absolute atomic E-state index is 0. The van der Waals surface area contributed by atoms with E-state index in [-0.39, 0.29) is 35.3 Å². The van der Waals surface area contributed by atoms with Crippen molar-refractivity contribution < 1.29 is 42.2 Å². The summed E-state index contributed by atoms with van der Waals surface area (Å²) in [5.41, 5.74) is 0. The number of para-hydroxylation sites is 1. The van der Waals surface area contributed by atoms with Crippen molar-refractivity contribution in [3.8, 4) is 5.75 Å². The van der Waals surface area contributed by atoms with Crippen LogP contribution in [0.25, 0.3) is 5.14 Å². The Hall–Kier alpha value is -0.0700. The first kappa shape index (κ1) is 11.9. The molecule has 1 rings (SSSR count). The van der Waals surface area contributed by atoms with E-state index in [1.807, 2.05) is 0 Å². The molecule has 4 nitrogen and oxygen atoms in total. The Bertz CT molecular complexity index is 324. The second-order valence-electron chi connectivity index (χ2n) is 1.85. The maximum Gasteiger partial charge on any atom is 1.00 e. The van der Waals surface area contributed by atoms with Gasteiger partial charge in [0, 0.05) is 0 Å². The fraction of sp³-hybridized carbons (Fsp3) is 0. The predicted molar refractivity (Wildman–Crippen MR) is 40.3 cm³/mol. The molecule has 12 heavy (non-hydrogen) atoms. The first-order valence-electron chi connectivity index (χ1n) is 2.82. The smallest absolute Gasteiger partial charge is 0.529 e. The molecule has 1 aromatic rings. The third-order valence-corrected chi connectivity index (χ3v) is 1.36. The summed E-state index contributed by atoms with van der Waals surface area (Å²) in [6.07, 6.45) is 0. The van der Waals surface area contributed by atoms with E-state index in [4.69, 9.17) is 5.14 Å². The maximum absolute atomic E-state index is 10.2. The Kier molecular flexibility index (Phi) is 4.81. The van der Waals surface area contributed by atoms with Crippen molar-refractivity contribution in [2.45, 2.75) is 0 Å². The summed E-state index contributed by atoms with van der Waals surface area (Å²) < 4.78 is 24.7. The van der Waals surface area contributed by atoms with Gasteiger partial charge in [0.15, 0.2) is 0 Å². The molecule has 0 saturated heterocycles. The van der Waals surface area contributed by atoms with E-state index >= 15 is 0 Å². The molecule has 0 fully saturated rings. The fourth-order valence-corrected chi connectivity index (χ4v) is 0.967. The van der Waals surface area contributed by atoms with Gasteiger partial charge in [-0.2, -0.15) is 0 Å². The summed E-state index contributed by atoms with van der Waals surface area (Å²) in [5, 5.41) is 6.42. The number of rotatable bonds is 2. The molecule has 0 aromatic heterocycles. The van der Waals surface area contributed by atoms with Crippen molar-refractivity contribution in [1.82, 2.24) is 0 Å². The molecule has 1 aromatic carbocycles. The third-order valence-electron chi connectivity index (χ3n) is 0.949. The molecule has 0 aliphatic carbocycles. The molecule has 0 amide bonds. The summed E-state index contributed by atoms with van der Waals surface area (Å²) in [7, 11) is -4.13. The van der Waals surface area contributed by atoms with E-state index in [2.05, 4.69) is 4.18 Å². The minimum Gasteiger partial charge on any atom is -0.529 e. The quantitative estimate of drug-likeness (QED) is 0.532. The zero-order chi connectivity index (χ0) is 8.32. The summed E-state index contributed by atoms with van der Waals surface area (Å²) in [6, 6.07) is 7.91. The van der Waals surface area contributed by atoms with Gasteiger partial charge in [0.25, 0.3) is 0 Å².